The number of anilines is 1. The molecule has 0 aliphatic carbocycles. The fourth-order valence-corrected chi connectivity index (χ4v) is 2.16. The third-order valence-electron chi connectivity index (χ3n) is 3.39. The zero-order chi connectivity index (χ0) is 15.2. The van der Waals surface area contributed by atoms with Crippen LogP contribution < -0.4 is 15.4 Å². The Kier molecular flexibility index (Phi) is 4.95. The first-order valence-corrected chi connectivity index (χ1v) is 6.84. The van der Waals surface area contributed by atoms with Gasteiger partial charge in [0, 0.05) is 42.9 Å². The van der Waals surface area contributed by atoms with E-state index in [1.165, 1.54) is 0 Å². The van der Waals surface area contributed by atoms with Gasteiger partial charge in [0.1, 0.15) is 5.75 Å². The van der Waals surface area contributed by atoms with Crippen LogP contribution >= 0.6 is 0 Å². The van der Waals surface area contributed by atoms with Gasteiger partial charge in [0.25, 0.3) is 0 Å². The van der Waals surface area contributed by atoms with Gasteiger partial charge < -0.3 is 15.4 Å². The van der Waals surface area contributed by atoms with E-state index in [1.54, 1.807) is 13.3 Å². The summed E-state index contributed by atoms with van der Waals surface area (Å²) in [6.07, 6.45) is 3.62. The maximum absolute atomic E-state index is 5.80. The zero-order valence-corrected chi connectivity index (χ0v) is 12.5. The Hall–Kier alpha value is -2.33. The highest BCUT2D eigenvalue weighted by Crippen LogP contribution is 2.29. The maximum atomic E-state index is 5.80. The van der Waals surface area contributed by atoms with E-state index >= 15 is 0 Å². The van der Waals surface area contributed by atoms with Crippen LogP contribution in [0, 0.1) is 6.92 Å². The number of hydrogen-bond acceptors (Lipinski definition) is 4. The van der Waals surface area contributed by atoms with Crippen molar-refractivity contribution in [2.75, 3.05) is 18.6 Å². The highest BCUT2D eigenvalue weighted by atomic mass is 16.5. The van der Waals surface area contributed by atoms with Crippen molar-refractivity contribution in [1.82, 2.24) is 4.98 Å². The van der Waals surface area contributed by atoms with Crippen LogP contribution in [0.25, 0.3) is 0 Å². The molecule has 4 nitrogen and oxygen atoms in total. The Morgan fingerprint density at radius 1 is 1.38 bits per heavy atom. The average Bonchev–Trinajstić information content (AvgIpc) is 2.53. The lowest BCUT2D eigenvalue weighted by Crippen LogP contribution is -2.26. The third kappa shape index (κ3) is 3.61. The zero-order valence-electron chi connectivity index (χ0n) is 12.5. The number of aromatic nitrogens is 1. The molecule has 0 saturated heterocycles. The molecule has 21 heavy (non-hydrogen) atoms. The number of hydrogen-bond donors (Lipinski definition) is 1. The lowest BCUT2D eigenvalue weighted by molar-refractivity contribution is 0.414. The van der Waals surface area contributed by atoms with E-state index in [0.717, 1.165) is 28.3 Å². The maximum Gasteiger partial charge on any atom is 0.120 e. The van der Waals surface area contributed by atoms with Crippen LogP contribution in [0.3, 0.4) is 0 Å². The molecule has 0 bridgehead atoms. The van der Waals surface area contributed by atoms with Crippen molar-refractivity contribution < 1.29 is 4.74 Å². The summed E-state index contributed by atoms with van der Waals surface area (Å²) in [4.78, 5) is 6.27. The Labute approximate surface area is 125 Å². The lowest BCUT2D eigenvalue weighted by atomic mass is 10.1. The summed E-state index contributed by atoms with van der Waals surface area (Å²) < 4.78 is 5.32. The second-order valence-electron chi connectivity index (χ2n) is 4.87. The fraction of sp³-hybridized carbons (Fsp3) is 0.235. The van der Waals surface area contributed by atoms with Gasteiger partial charge >= 0.3 is 0 Å². The first-order valence-electron chi connectivity index (χ1n) is 6.84. The number of benzene rings is 1. The quantitative estimate of drug-likeness (QED) is 0.885. The first kappa shape index (κ1) is 15.1. The van der Waals surface area contributed by atoms with Gasteiger partial charge in [-0.1, -0.05) is 18.7 Å². The molecular formula is C17H21N3O. The van der Waals surface area contributed by atoms with Crippen molar-refractivity contribution in [3.63, 3.8) is 0 Å². The Morgan fingerprint density at radius 3 is 2.81 bits per heavy atom. The number of aryl methyl sites for hydroxylation is 1. The molecule has 0 amide bonds. The molecule has 2 aromatic rings. The second-order valence-corrected chi connectivity index (χ2v) is 4.87. The van der Waals surface area contributed by atoms with Crippen molar-refractivity contribution in [3.8, 4) is 5.75 Å². The van der Waals surface area contributed by atoms with Crippen LogP contribution in [0.2, 0.25) is 0 Å². The van der Waals surface area contributed by atoms with Gasteiger partial charge in [-0.25, -0.2) is 0 Å². The van der Waals surface area contributed by atoms with Crippen molar-refractivity contribution in [2.24, 2.45) is 5.73 Å². The van der Waals surface area contributed by atoms with E-state index in [0.29, 0.717) is 13.1 Å². The van der Waals surface area contributed by atoms with Gasteiger partial charge in [-0.3, -0.25) is 4.98 Å². The number of nitrogens with two attached hydrogens (primary N) is 1. The molecule has 0 spiro atoms. The van der Waals surface area contributed by atoms with Crippen LogP contribution in [-0.2, 0) is 6.54 Å². The molecule has 110 valence electrons. The molecule has 1 heterocycles. The number of methoxy groups -OCH3 is 1. The van der Waals surface area contributed by atoms with Crippen LogP contribution in [0.4, 0.5) is 5.69 Å². The standard InChI is InChI=1S/C17H21N3O/c1-13-6-7-16(21-3)9-17(13)20(14(2)10-18)12-15-5-4-8-19-11-15/h4-9,11H,2,10,12,18H2,1,3H3. The number of ether oxygens (including phenoxy) is 1. The summed E-state index contributed by atoms with van der Waals surface area (Å²) in [5.74, 6) is 0.816. The van der Waals surface area contributed by atoms with Crippen LogP contribution in [0.5, 0.6) is 5.75 Å². The van der Waals surface area contributed by atoms with Gasteiger partial charge in [0.05, 0.1) is 7.11 Å². The summed E-state index contributed by atoms with van der Waals surface area (Å²) in [6.45, 7) is 7.22. The summed E-state index contributed by atoms with van der Waals surface area (Å²) in [7, 11) is 1.66. The fourth-order valence-electron chi connectivity index (χ4n) is 2.16. The normalized spacial score (nSPS) is 10.2. The third-order valence-corrected chi connectivity index (χ3v) is 3.39. The Bertz CT molecular complexity index is 611. The molecule has 0 aliphatic heterocycles. The molecule has 0 fully saturated rings. The van der Waals surface area contributed by atoms with Crippen molar-refractivity contribution in [3.05, 3.63) is 66.1 Å². The second kappa shape index (κ2) is 6.90. The van der Waals surface area contributed by atoms with E-state index in [4.69, 9.17) is 10.5 Å². The van der Waals surface area contributed by atoms with E-state index in [1.807, 2.05) is 36.5 Å². The smallest absolute Gasteiger partial charge is 0.120 e. The Morgan fingerprint density at radius 2 is 2.19 bits per heavy atom. The highest BCUT2D eigenvalue weighted by Gasteiger charge is 2.13. The van der Waals surface area contributed by atoms with Crippen LogP contribution in [-0.4, -0.2) is 18.6 Å². The van der Waals surface area contributed by atoms with Gasteiger partial charge in [-0.15, -0.1) is 0 Å². The molecule has 0 unspecified atom stereocenters. The monoisotopic (exact) mass is 283 g/mol. The van der Waals surface area contributed by atoms with Gasteiger partial charge in [0.15, 0.2) is 0 Å². The largest absolute Gasteiger partial charge is 0.497 e. The van der Waals surface area contributed by atoms with E-state index < -0.39 is 0 Å². The topological polar surface area (TPSA) is 51.4 Å². The van der Waals surface area contributed by atoms with Gasteiger partial charge in [0.2, 0.25) is 0 Å². The molecule has 4 heteroatoms. The molecule has 0 radical (unpaired) electrons. The molecular weight excluding hydrogens is 262 g/mol. The molecule has 0 saturated carbocycles. The molecule has 2 rings (SSSR count). The van der Waals surface area contributed by atoms with Crippen molar-refractivity contribution in [2.45, 2.75) is 13.5 Å². The van der Waals surface area contributed by atoms with Gasteiger partial charge in [-0.2, -0.15) is 0 Å². The van der Waals surface area contributed by atoms with Gasteiger partial charge in [-0.05, 0) is 30.2 Å². The van der Waals surface area contributed by atoms with E-state index in [2.05, 4.69) is 23.4 Å². The van der Waals surface area contributed by atoms with Crippen molar-refractivity contribution in [1.29, 1.82) is 0 Å². The lowest BCUT2D eigenvalue weighted by Gasteiger charge is -2.28. The summed E-state index contributed by atoms with van der Waals surface area (Å²) >= 11 is 0. The predicted molar refractivity (Wildman–Crippen MR) is 86.3 cm³/mol. The number of pyridine rings is 1. The number of nitrogens with zero attached hydrogens (tertiary/aromatic N) is 2. The summed E-state index contributed by atoms with van der Waals surface area (Å²) in [5.41, 5.74) is 9.96. The molecule has 1 aromatic carbocycles. The Balaban J connectivity index is 2.38. The molecule has 2 N–H and O–H groups in total. The molecule has 0 atom stereocenters. The van der Waals surface area contributed by atoms with Crippen LogP contribution in [0.1, 0.15) is 11.1 Å². The minimum atomic E-state index is 0.400. The summed E-state index contributed by atoms with van der Waals surface area (Å²) in [6, 6.07) is 9.96. The minimum absolute atomic E-state index is 0.400. The first-order chi connectivity index (χ1) is 10.2. The SMILES string of the molecule is C=C(CN)N(Cc1cccnc1)c1cc(OC)ccc1C. The van der Waals surface area contributed by atoms with E-state index in [-0.39, 0.29) is 0 Å². The predicted octanol–water partition coefficient (Wildman–Crippen LogP) is 2.88. The van der Waals surface area contributed by atoms with Crippen LogP contribution in [0.15, 0.2) is 55.0 Å². The molecule has 1 aromatic heterocycles. The molecule has 0 aliphatic rings. The van der Waals surface area contributed by atoms with E-state index in [9.17, 15) is 0 Å². The summed E-state index contributed by atoms with van der Waals surface area (Å²) in [5, 5.41) is 0. The van der Waals surface area contributed by atoms with Crippen molar-refractivity contribution >= 4 is 5.69 Å². The average molecular weight is 283 g/mol. The highest BCUT2D eigenvalue weighted by molar-refractivity contribution is 5.60. The minimum Gasteiger partial charge on any atom is -0.497 e. The number of rotatable bonds is 6.